The number of hydrogen-bond acceptors (Lipinski definition) is 1. The van der Waals surface area contributed by atoms with Crippen LogP contribution in [0.25, 0.3) is 0 Å². The Labute approximate surface area is 121 Å². The van der Waals surface area contributed by atoms with Gasteiger partial charge >= 0.3 is 0 Å². The second-order valence-electron chi connectivity index (χ2n) is 4.26. The van der Waals surface area contributed by atoms with Crippen LogP contribution in [-0.2, 0) is 0 Å². The third-order valence-electron chi connectivity index (χ3n) is 3.14. The van der Waals surface area contributed by atoms with Gasteiger partial charge in [-0.2, -0.15) is 0 Å². The van der Waals surface area contributed by atoms with Gasteiger partial charge in [-0.05, 0) is 29.7 Å². The monoisotopic (exact) mass is 276 g/mol. The SMILES string of the molecule is CC.Cc1ccccc1C(C)c1cccc(F)c1S. The molecular weight excluding hydrogens is 255 g/mol. The lowest BCUT2D eigenvalue weighted by atomic mass is 9.90. The lowest BCUT2D eigenvalue weighted by molar-refractivity contribution is 0.595. The third-order valence-corrected chi connectivity index (χ3v) is 3.61. The van der Waals surface area contributed by atoms with E-state index in [-0.39, 0.29) is 11.7 Å². The van der Waals surface area contributed by atoms with Gasteiger partial charge in [0.2, 0.25) is 0 Å². The topological polar surface area (TPSA) is 0 Å². The number of rotatable bonds is 2. The molecule has 0 fully saturated rings. The van der Waals surface area contributed by atoms with Crippen LogP contribution >= 0.6 is 12.6 Å². The second-order valence-corrected chi connectivity index (χ2v) is 4.70. The minimum absolute atomic E-state index is 0.152. The summed E-state index contributed by atoms with van der Waals surface area (Å²) in [6.07, 6.45) is 0. The van der Waals surface area contributed by atoms with Gasteiger partial charge in [0.05, 0.1) is 0 Å². The van der Waals surface area contributed by atoms with Crippen LogP contribution in [0.1, 0.15) is 43.4 Å². The van der Waals surface area contributed by atoms with Crippen molar-refractivity contribution in [1.29, 1.82) is 0 Å². The molecule has 2 aromatic carbocycles. The first-order chi connectivity index (χ1) is 9.11. The maximum absolute atomic E-state index is 13.5. The van der Waals surface area contributed by atoms with Gasteiger partial charge in [0.15, 0.2) is 0 Å². The van der Waals surface area contributed by atoms with Gasteiger partial charge in [-0.1, -0.05) is 57.2 Å². The highest BCUT2D eigenvalue weighted by Gasteiger charge is 2.14. The van der Waals surface area contributed by atoms with Crippen molar-refractivity contribution >= 4 is 12.6 Å². The molecule has 2 rings (SSSR count). The van der Waals surface area contributed by atoms with Gasteiger partial charge in [0, 0.05) is 10.8 Å². The quantitative estimate of drug-likeness (QED) is 0.678. The Morgan fingerprint density at radius 2 is 1.53 bits per heavy atom. The Bertz CT molecular complexity index is 535. The molecule has 1 unspecified atom stereocenters. The summed E-state index contributed by atoms with van der Waals surface area (Å²) in [6, 6.07) is 13.3. The average Bonchev–Trinajstić information content (AvgIpc) is 2.44. The zero-order valence-electron chi connectivity index (χ0n) is 11.9. The highest BCUT2D eigenvalue weighted by Crippen LogP contribution is 2.31. The van der Waals surface area contributed by atoms with Gasteiger partial charge < -0.3 is 0 Å². The predicted molar refractivity (Wildman–Crippen MR) is 83.7 cm³/mol. The van der Waals surface area contributed by atoms with E-state index >= 15 is 0 Å². The van der Waals surface area contributed by atoms with Crippen molar-refractivity contribution < 1.29 is 4.39 Å². The molecule has 102 valence electrons. The van der Waals surface area contributed by atoms with E-state index in [4.69, 9.17) is 0 Å². The largest absolute Gasteiger partial charge is 0.206 e. The van der Waals surface area contributed by atoms with E-state index in [1.165, 1.54) is 17.2 Å². The van der Waals surface area contributed by atoms with Crippen molar-refractivity contribution in [2.45, 2.75) is 38.5 Å². The second kappa shape index (κ2) is 7.34. The molecule has 0 saturated carbocycles. The van der Waals surface area contributed by atoms with Crippen molar-refractivity contribution in [2.24, 2.45) is 0 Å². The summed E-state index contributed by atoms with van der Waals surface area (Å²) in [5.74, 6) is -0.106. The number of hydrogen-bond donors (Lipinski definition) is 1. The average molecular weight is 276 g/mol. The van der Waals surface area contributed by atoms with E-state index in [9.17, 15) is 4.39 Å². The van der Waals surface area contributed by atoms with Crippen LogP contribution in [0.2, 0.25) is 0 Å². The fourth-order valence-corrected chi connectivity index (χ4v) is 2.46. The smallest absolute Gasteiger partial charge is 0.136 e. The van der Waals surface area contributed by atoms with Crippen molar-refractivity contribution in [3.05, 3.63) is 65.0 Å². The number of aryl methyl sites for hydroxylation is 1. The van der Waals surface area contributed by atoms with E-state index < -0.39 is 0 Å². The Morgan fingerprint density at radius 3 is 2.16 bits per heavy atom. The summed E-state index contributed by atoms with van der Waals surface area (Å²) < 4.78 is 13.5. The van der Waals surface area contributed by atoms with Crippen LogP contribution in [0.3, 0.4) is 0 Å². The molecule has 0 radical (unpaired) electrons. The zero-order chi connectivity index (χ0) is 14.4. The number of halogens is 1. The van der Waals surface area contributed by atoms with E-state index in [1.54, 1.807) is 6.07 Å². The molecule has 0 aliphatic heterocycles. The summed E-state index contributed by atoms with van der Waals surface area (Å²) in [4.78, 5) is 0.447. The van der Waals surface area contributed by atoms with Gasteiger partial charge in [0.25, 0.3) is 0 Å². The molecule has 0 nitrogen and oxygen atoms in total. The molecular formula is C17H21FS. The molecule has 0 amide bonds. The van der Waals surface area contributed by atoms with Crippen LogP contribution in [0.15, 0.2) is 47.4 Å². The minimum atomic E-state index is -0.258. The number of thiol groups is 1. The van der Waals surface area contributed by atoms with E-state index in [1.807, 2.05) is 32.0 Å². The maximum Gasteiger partial charge on any atom is 0.136 e. The van der Waals surface area contributed by atoms with Crippen LogP contribution < -0.4 is 0 Å². The Kier molecular flexibility index (Phi) is 6.10. The summed E-state index contributed by atoms with van der Waals surface area (Å²) in [5.41, 5.74) is 3.37. The van der Waals surface area contributed by atoms with E-state index in [2.05, 4.69) is 38.6 Å². The zero-order valence-corrected chi connectivity index (χ0v) is 12.8. The van der Waals surface area contributed by atoms with Crippen molar-refractivity contribution in [3.8, 4) is 0 Å². The standard InChI is InChI=1S/C15H15FS.C2H6/c1-10-6-3-4-7-12(10)11(2)13-8-5-9-14(16)15(13)17;1-2/h3-9,11,17H,1-2H3;1-2H3. The molecule has 0 aliphatic carbocycles. The molecule has 0 heterocycles. The summed E-state index contributed by atoms with van der Waals surface area (Å²) in [6.45, 7) is 8.15. The molecule has 0 saturated heterocycles. The van der Waals surface area contributed by atoms with Gasteiger partial charge in [-0.15, -0.1) is 12.6 Å². The molecule has 0 N–H and O–H groups in total. The fourth-order valence-electron chi connectivity index (χ4n) is 2.12. The summed E-state index contributed by atoms with van der Waals surface area (Å²) in [7, 11) is 0. The normalized spacial score (nSPS) is 11.5. The van der Waals surface area contributed by atoms with Gasteiger partial charge in [0.1, 0.15) is 5.82 Å². The van der Waals surface area contributed by atoms with Crippen LogP contribution in [0, 0.1) is 12.7 Å². The minimum Gasteiger partial charge on any atom is -0.206 e. The Morgan fingerprint density at radius 1 is 0.947 bits per heavy atom. The van der Waals surface area contributed by atoms with E-state index in [0.29, 0.717) is 4.90 Å². The first-order valence-electron chi connectivity index (χ1n) is 6.64. The predicted octanol–water partition coefficient (Wildman–Crippen LogP) is 5.60. The molecule has 19 heavy (non-hydrogen) atoms. The third kappa shape index (κ3) is 3.60. The van der Waals surface area contributed by atoms with Crippen molar-refractivity contribution in [1.82, 2.24) is 0 Å². The Hall–Kier alpha value is -1.28. The van der Waals surface area contributed by atoms with Gasteiger partial charge in [-0.3, -0.25) is 0 Å². The fraction of sp³-hybridized carbons (Fsp3) is 0.294. The van der Waals surface area contributed by atoms with Crippen LogP contribution in [-0.4, -0.2) is 0 Å². The Balaban J connectivity index is 0.000000861. The molecule has 0 spiro atoms. The molecule has 0 bridgehead atoms. The molecule has 1 atom stereocenters. The molecule has 2 heteroatoms. The summed E-state index contributed by atoms with van der Waals surface area (Å²) in [5, 5.41) is 0. The molecule has 0 aromatic heterocycles. The molecule has 0 aliphatic rings. The van der Waals surface area contributed by atoms with Crippen molar-refractivity contribution in [2.75, 3.05) is 0 Å². The lowest BCUT2D eigenvalue weighted by Crippen LogP contribution is -2.00. The first kappa shape index (κ1) is 15.8. The summed E-state index contributed by atoms with van der Waals surface area (Å²) >= 11 is 4.26. The highest BCUT2D eigenvalue weighted by atomic mass is 32.1. The maximum atomic E-state index is 13.5. The van der Waals surface area contributed by atoms with Crippen LogP contribution in [0.5, 0.6) is 0 Å². The van der Waals surface area contributed by atoms with Gasteiger partial charge in [-0.25, -0.2) is 4.39 Å². The first-order valence-corrected chi connectivity index (χ1v) is 7.09. The number of benzene rings is 2. The molecule has 2 aromatic rings. The van der Waals surface area contributed by atoms with Crippen LogP contribution in [0.4, 0.5) is 4.39 Å². The van der Waals surface area contributed by atoms with E-state index in [0.717, 1.165) is 5.56 Å². The van der Waals surface area contributed by atoms with Crippen molar-refractivity contribution in [3.63, 3.8) is 0 Å². The lowest BCUT2D eigenvalue weighted by Gasteiger charge is -2.17. The highest BCUT2D eigenvalue weighted by molar-refractivity contribution is 7.80.